The van der Waals surface area contributed by atoms with E-state index in [1.54, 1.807) is 0 Å². The topological polar surface area (TPSA) is 75.2 Å². The van der Waals surface area contributed by atoms with Crippen molar-refractivity contribution in [2.45, 2.75) is 151 Å². The average Bonchev–Trinajstić information content (AvgIpc) is 3.78. The van der Waals surface area contributed by atoms with Crippen LogP contribution in [0.5, 0.6) is 0 Å². The smallest absolute Gasteiger partial charge is 0.123 e. The first-order chi connectivity index (χ1) is 35.0. The highest BCUT2D eigenvalue weighted by atomic mass is 32.1. The van der Waals surface area contributed by atoms with Gasteiger partial charge >= 0.3 is 0 Å². The van der Waals surface area contributed by atoms with Gasteiger partial charge < -0.3 is 20.3 Å². The van der Waals surface area contributed by atoms with E-state index >= 15 is 0 Å². The van der Waals surface area contributed by atoms with E-state index in [4.69, 9.17) is 28.7 Å². The summed E-state index contributed by atoms with van der Waals surface area (Å²) in [7, 11) is 0. The zero-order valence-corrected chi connectivity index (χ0v) is 47.6. The first-order valence-corrected chi connectivity index (χ1v) is 27.3. The van der Waals surface area contributed by atoms with Crippen molar-refractivity contribution in [2.75, 3.05) is 20.3 Å². The van der Waals surface area contributed by atoms with Crippen LogP contribution in [-0.2, 0) is 28.2 Å². The standard InChI is InChI=1S/C66H81N7S/c1-15-17-18-44(16-2)43-71-68-61-57(45-19-31-51(32-20-45)72(53-35-23-47(24-36-53)63(3,4)5)54-37-25-48(26-38-54)64(6,7)8)59(67)60(70-74)58(62(61)69-71)46-21-33-52(34-22-46)73(55-39-27-49(28-40-55)65(9,10)11)56-41-29-50(30-42-56)66(12,13)14/h19-42,44,70,74H,15-18,43,67H2,1-14H3. The van der Waals surface area contributed by atoms with Gasteiger partial charge in [-0.3, -0.25) is 0 Å². The van der Waals surface area contributed by atoms with Crippen LogP contribution < -0.4 is 20.3 Å². The predicted octanol–water partition coefficient (Wildman–Crippen LogP) is 19.0. The SMILES string of the molecule is CCCCC(CC)Cn1nc2c(-c3ccc(N(c4ccc(C(C)(C)C)cc4)c4ccc(C(C)(C)C)cc4)cc3)c(N)c(NS)c(-c3ccc(N(c4ccc(C(C)(C)C)cc4)c4ccc(C(C)(C)C)cc4)cc3)c2n1. The van der Waals surface area contributed by atoms with E-state index in [1.165, 1.54) is 28.7 Å². The molecule has 1 atom stereocenters. The highest BCUT2D eigenvalue weighted by Crippen LogP contribution is 2.48. The Morgan fingerprint density at radius 3 is 1.05 bits per heavy atom. The largest absolute Gasteiger partial charge is 0.396 e. The van der Waals surface area contributed by atoms with Gasteiger partial charge in [0.05, 0.1) is 17.9 Å². The lowest BCUT2D eigenvalue weighted by molar-refractivity contribution is 0.351. The Balaban J connectivity index is 1.25. The number of aromatic nitrogens is 3. The average molecular weight is 1000 g/mol. The number of hydrogen-bond acceptors (Lipinski definition) is 7. The van der Waals surface area contributed by atoms with Crippen LogP contribution in [-0.4, -0.2) is 15.0 Å². The zero-order valence-electron chi connectivity index (χ0n) is 46.7. The van der Waals surface area contributed by atoms with Gasteiger partial charge in [0.1, 0.15) is 11.0 Å². The molecule has 0 aliphatic carbocycles. The Morgan fingerprint density at radius 2 is 0.770 bits per heavy atom. The molecule has 0 bridgehead atoms. The van der Waals surface area contributed by atoms with E-state index in [0.717, 1.165) is 93.2 Å². The summed E-state index contributed by atoms with van der Waals surface area (Å²) in [6.45, 7) is 32.3. The summed E-state index contributed by atoms with van der Waals surface area (Å²) >= 11 is 4.78. The molecule has 0 aliphatic rings. The molecule has 74 heavy (non-hydrogen) atoms. The fourth-order valence-electron chi connectivity index (χ4n) is 10.0. The Hall–Kier alpha value is -6.51. The summed E-state index contributed by atoms with van der Waals surface area (Å²) < 4.78 is 3.25. The lowest BCUT2D eigenvalue weighted by Crippen LogP contribution is -2.14. The van der Waals surface area contributed by atoms with Gasteiger partial charge in [0, 0.05) is 45.3 Å². The van der Waals surface area contributed by atoms with Crippen molar-refractivity contribution < 1.29 is 0 Å². The molecule has 1 unspecified atom stereocenters. The van der Waals surface area contributed by atoms with E-state index in [-0.39, 0.29) is 21.7 Å². The number of hydrogen-bond donors (Lipinski definition) is 3. The van der Waals surface area contributed by atoms with Crippen molar-refractivity contribution in [3.05, 3.63) is 168 Å². The predicted molar refractivity (Wildman–Crippen MR) is 323 cm³/mol. The molecule has 8 aromatic rings. The maximum Gasteiger partial charge on any atom is 0.123 e. The quantitative estimate of drug-likeness (QED) is 0.0702. The number of anilines is 8. The first kappa shape index (κ1) is 53.8. The molecular weight excluding hydrogens is 923 g/mol. The highest BCUT2D eigenvalue weighted by molar-refractivity contribution is 7.81. The maximum atomic E-state index is 7.42. The Morgan fingerprint density at radius 1 is 0.473 bits per heavy atom. The molecule has 0 fully saturated rings. The number of nitrogens with zero attached hydrogens (tertiary/aromatic N) is 5. The number of nitrogens with two attached hydrogens (primary N) is 1. The van der Waals surface area contributed by atoms with Crippen molar-refractivity contribution >= 4 is 69.3 Å². The molecule has 0 radical (unpaired) electrons. The van der Waals surface area contributed by atoms with Crippen molar-refractivity contribution in [2.24, 2.45) is 5.92 Å². The molecule has 0 saturated carbocycles. The molecule has 7 aromatic carbocycles. The molecule has 1 aromatic heterocycles. The molecular formula is C66H81N7S. The summed E-state index contributed by atoms with van der Waals surface area (Å²) in [4.78, 5) is 6.58. The summed E-state index contributed by atoms with van der Waals surface area (Å²) in [5.41, 5.74) is 25.6. The summed E-state index contributed by atoms with van der Waals surface area (Å²) in [6, 6.07) is 53.4. The van der Waals surface area contributed by atoms with Gasteiger partial charge in [-0.25, -0.2) is 0 Å². The van der Waals surface area contributed by atoms with E-state index < -0.39 is 0 Å². The fourth-order valence-corrected chi connectivity index (χ4v) is 10.2. The second-order valence-corrected chi connectivity index (χ2v) is 24.7. The minimum atomic E-state index is 0.0407. The highest BCUT2D eigenvalue weighted by Gasteiger charge is 2.27. The van der Waals surface area contributed by atoms with Gasteiger partial charge in [0.25, 0.3) is 0 Å². The minimum Gasteiger partial charge on any atom is -0.396 e. The van der Waals surface area contributed by atoms with Gasteiger partial charge in [-0.05, 0) is 140 Å². The second kappa shape index (κ2) is 21.4. The summed E-state index contributed by atoms with van der Waals surface area (Å²) in [6.07, 6.45) is 4.51. The van der Waals surface area contributed by atoms with E-state index in [9.17, 15) is 0 Å². The fraction of sp³-hybridized carbons (Fsp3) is 0.364. The third-order valence-corrected chi connectivity index (χ3v) is 15.0. The normalized spacial score (nSPS) is 12.8. The van der Waals surface area contributed by atoms with Crippen molar-refractivity contribution in [3.8, 4) is 22.3 Å². The van der Waals surface area contributed by atoms with Crippen LogP contribution in [0.3, 0.4) is 0 Å². The minimum absolute atomic E-state index is 0.0407. The maximum absolute atomic E-state index is 7.42. The van der Waals surface area contributed by atoms with Crippen LogP contribution in [0.2, 0.25) is 0 Å². The first-order valence-electron chi connectivity index (χ1n) is 26.8. The van der Waals surface area contributed by atoms with Crippen molar-refractivity contribution in [1.29, 1.82) is 0 Å². The van der Waals surface area contributed by atoms with Gasteiger partial charge in [-0.1, -0.05) is 202 Å². The molecule has 0 spiro atoms. The molecule has 7 nitrogen and oxygen atoms in total. The van der Waals surface area contributed by atoms with Gasteiger partial charge in [0.15, 0.2) is 0 Å². The second-order valence-electron chi connectivity index (χ2n) is 24.5. The van der Waals surface area contributed by atoms with E-state index in [1.807, 2.05) is 4.80 Å². The third kappa shape index (κ3) is 11.6. The summed E-state index contributed by atoms with van der Waals surface area (Å²) in [5, 5.41) is 10.7. The Labute approximate surface area is 449 Å². The molecule has 1 heterocycles. The van der Waals surface area contributed by atoms with Crippen LogP contribution >= 0.6 is 12.8 Å². The molecule has 0 amide bonds. The third-order valence-electron chi connectivity index (χ3n) is 14.8. The number of thiol groups is 1. The van der Waals surface area contributed by atoms with Gasteiger partial charge in [0.2, 0.25) is 0 Å². The van der Waals surface area contributed by atoms with Crippen LogP contribution in [0.15, 0.2) is 146 Å². The van der Waals surface area contributed by atoms with Crippen LogP contribution in [0.1, 0.15) is 145 Å². The van der Waals surface area contributed by atoms with E-state index in [0.29, 0.717) is 17.3 Å². The monoisotopic (exact) mass is 1000 g/mol. The zero-order chi connectivity index (χ0) is 53.3. The molecule has 8 rings (SSSR count). The molecule has 0 saturated heterocycles. The van der Waals surface area contributed by atoms with E-state index in [2.05, 4.69) is 257 Å². The number of nitrogen functional groups attached to an aromatic ring is 1. The lowest BCUT2D eigenvalue weighted by Gasteiger charge is -2.28. The molecule has 0 aliphatic heterocycles. The van der Waals surface area contributed by atoms with Crippen LogP contribution in [0.4, 0.5) is 45.5 Å². The van der Waals surface area contributed by atoms with Crippen molar-refractivity contribution in [3.63, 3.8) is 0 Å². The number of rotatable bonds is 15. The summed E-state index contributed by atoms with van der Waals surface area (Å²) in [5.74, 6) is 0.448. The van der Waals surface area contributed by atoms with Gasteiger partial charge in [-0.15, -0.1) is 0 Å². The van der Waals surface area contributed by atoms with Crippen LogP contribution in [0, 0.1) is 5.92 Å². The molecule has 386 valence electrons. The van der Waals surface area contributed by atoms with Crippen LogP contribution in [0.25, 0.3) is 33.3 Å². The number of benzene rings is 7. The molecule has 3 N–H and O–H groups in total. The molecule has 8 heteroatoms. The number of unbranched alkanes of at least 4 members (excludes halogenated alkanes) is 1. The van der Waals surface area contributed by atoms with Crippen molar-refractivity contribution in [1.82, 2.24) is 15.0 Å². The Bertz CT molecular complexity index is 3030. The Kier molecular flexibility index (Phi) is 15.5. The number of nitrogens with one attached hydrogen (secondary N) is 1. The van der Waals surface area contributed by atoms with Gasteiger partial charge in [-0.2, -0.15) is 15.0 Å². The lowest BCUT2D eigenvalue weighted by atomic mass is 9.86. The number of fused-ring (bicyclic) bond motifs is 1.